The Hall–Kier alpha value is -2.48. The van der Waals surface area contributed by atoms with Crippen molar-refractivity contribution in [1.82, 2.24) is 4.57 Å². The fraction of sp³-hybridized carbons (Fsp3) is 0.267. The molecule has 0 aliphatic carbocycles. The lowest BCUT2D eigenvalue weighted by Gasteiger charge is -2.07. The molecule has 0 fully saturated rings. The monoisotopic (exact) mass is 336 g/mol. The normalized spacial score (nSPS) is 11.3. The fourth-order valence-electron chi connectivity index (χ4n) is 2.15. The predicted octanol–water partition coefficient (Wildman–Crippen LogP) is 1.93. The third kappa shape index (κ3) is 4.26. The maximum atomic E-state index is 12.2. The lowest BCUT2D eigenvalue weighted by atomic mass is 10.2. The van der Waals surface area contributed by atoms with E-state index in [1.807, 2.05) is 13.0 Å². The molecule has 1 aromatic carbocycles. The Morgan fingerprint density at radius 1 is 1.22 bits per heavy atom. The second-order valence-electron chi connectivity index (χ2n) is 5.16. The van der Waals surface area contributed by atoms with Crippen LogP contribution in [0, 0.1) is 17.0 Å². The first kappa shape index (κ1) is 16.9. The molecular weight excluding hydrogens is 320 g/mol. The molecule has 0 saturated heterocycles. The first-order valence-electron chi connectivity index (χ1n) is 6.94. The average molecular weight is 336 g/mol. The van der Waals surface area contributed by atoms with Gasteiger partial charge >= 0.3 is 0 Å². The summed E-state index contributed by atoms with van der Waals surface area (Å²) in [5.41, 5.74) is 0.246. The van der Waals surface area contributed by atoms with Gasteiger partial charge in [-0.2, -0.15) is 0 Å². The quantitative estimate of drug-likeness (QED) is 0.593. The molecule has 0 radical (unpaired) electrons. The van der Waals surface area contributed by atoms with Crippen LogP contribution in [0.15, 0.2) is 52.3 Å². The van der Waals surface area contributed by atoms with E-state index in [2.05, 4.69) is 0 Å². The number of hydrogen-bond acceptors (Lipinski definition) is 5. The zero-order valence-electron chi connectivity index (χ0n) is 12.5. The summed E-state index contributed by atoms with van der Waals surface area (Å²) < 4.78 is 25.6. The molecule has 8 heteroatoms. The Kier molecular flexibility index (Phi) is 4.95. The zero-order valence-corrected chi connectivity index (χ0v) is 13.3. The molecule has 0 saturated carbocycles. The number of rotatable bonds is 6. The maximum Gasteiger partial charge on any atom is 0.285 e. The minimum atomic E-state index is -3.44. The summed E-state index contributed by atoms with van der Waals surface area (Å²) in [6, 6.07) is 8.83. The zero-order chi connectivity index (χ0) is 17.0. The highest BCUT2D eigenvalue weighted by Gasteiger charge is 2.15. The van der Waals surface area contributed by atoms with E-state index >= 15 is 0 Å². The van der Waals surface area contributed by atoms with Gasteiger partial charge in [-0.05, 0) is 31.0 Å². The predicted molar refractivity (Wildman–Crippen MR) is 85.2 cm³/mol. The third-order valence-electron chi connectivity index (χ3n) is 3.34. The van der Waals surface area contributed by atoms with Crippen LogP contribution in [0.4, 0.5) is 5.69 Å². The van der Waals surface area contributed by atoms with Crippen molar-refractivity contribution in [3.05, 3.63) is 68.6 Å². The van der Waals surface area contributed by atoms with Crippen molar-refractivity contribution in [1.29, 1.82) is 0 Å². The van der Waals surface area contributed by atoms with E-state index in [0.717, 1.165) is 28.5 Å². The van der Waals surface area contributed by atoms with Gasteiger partial charge < -0.3 is 4.57 Å². The van der Waals surface area contributed by atoms with Gasteiger partial charge in [0.25, 0.3) is 11.2 Å². The van der Waals surface area contributed by atoms with Crippen LogP contribution in [0.1, 0.15) is 12.0 Å². The first-order valence-corrected chi connectivity index (χ1v) is 8.59. The number of sulfone groups is 1. The summed E-state index contributed by atoms with van der Waals surface area (Å²) >= 11 is 0. The van der Waals surface area contributed by atoms with Gasteiger partial charge in [0.05, 0.1) is 21.8 Å². The van der Waals surface area contributed by atoms with Gasteiger partial charge in [0.15, 0.2) is 9.84 Å². The molecule has 122 valence electrons. The van der Waals surface area contributed by atoms with Crippen LogP contribution in [0.3, 0.4) is 0 Å². The molecule has 0 spiro atoms. The minimum Gasteiger partial charge on any atom is -0.309 e. The largest absolute Gasteiger partial charge is 0.309 e. The molecule has 2 rings (SSSR count). The molecule has 0 atom stereocenters. The molecule has 0 unspecified atom stereocenters. The van der Waals surface area contributed by atoms with Crippen LogP contribution in [0.2, 0.25) is 0 Å². The smallest absolute Gasteiger partial charge is 0.285 e. The van der Waals surface area contributed by atoms with Gasteiger partial charge in [0.1, 0.15) is 0 Å². The minimum absolute atomic E-state index is 0.103. The lowest BCUT2D eigenvalue weighted by molar-refractivity contribution is -0.385. The van der Waals surface area contributed by atoms with Crippen LogP contribution in [-0.2, 0) is 16.4 Å². The van der Waals surface area contributed by atoms with E-state index in [1.165, 1.54) is 6.07 Å². The summed E-state index contributed by atoms with van der Waals surface area (Å²) in [6.07, 6.45) is 1.32. The Labute approximate surface area is 133 Å². The average Bonchev–Trinajstić information content (AvgIpc) is 2.49. The molecule has 1 heterocycles. The third-order valence-corrected chi connectivity index (χ3v) is 5.14. The number of benzene rings is 1. The Balaban J connectivity index is 2.09. The molecule has 7 nitrogen and oxygen atoms in total. The highest BCUT2D eigenvalue weighted by atomic mass is 32.2. The van der Waals surface area contributed by atoms with Crippen molar-refractivity contribution in [2.24, 2.45) is 0 Å². The number of aromatic nitrogens is 1. The first-order chi connectivity index (χ1) is 10.8. The summed E-state index contributed by atoms with van der Waals surface area (Å²) in [5.74, 6) is -0.133. The van der Waals surface area contributed by atoms with Crippen molar-refractivity contribution < 1.29 is 13.3 Å². The lowest BCUT2D eigenvalue weighted by Crippen LogP contribution is -2.20. The van der Waals surface area contributed by atoms with E-state index in [-0.39, 0.29) is 29.3 Å². The van der Waals surface area contributed by atoms with Gasteiger partial charge in [-0.15, -0.1) is 0 Å². The van der Waals surface area contributed by atoms with E-state index in [4.69, 9.17) is 0 Å². The molecule has 0 bridgehead atoms. The number of pyridine rings is 1. The van der Waals surface area contributed by atoms with Crippen molar-refractivity contribution in [3.63, 3.8) is 0 Å². The maximum absolute atomic E-state index is 12.2. The van der Waals surface area contributed by atoms with Crippen LogP contribution >= 0.6 is 0 Å². The molecule has 0 amide bonds. The van der Waals surface area contributed by atoms with Gasteiger partial charge in [-0.1, -0.05) is 12.1 Å². The molecule has 0 N–H and O–H groups in total. The molecule has 0 aliphatic rings. The van der Waals surface area contributed by atoms with Gasteiger partial charge in [-0.3, -0.25) is 14.9 Å². The Morgan fingerprint density at radius 3 is 2.61 bits per heavy atom. The van der Waals surface area contributed by atoms with E-state index in [9.17, 15) is 23.3 Å². The molecule has 2 aromatic rings. The van der Waals surface area contributed by atoms with Gasteiger partial charge in [-0.25, -0.2) is 8.42 Å². The topological polar surface area (TPSA) is 99.3 Å². The Bertz CT molecular complexity index is 887. The highest BCUT2D eigenvalue weighted by Crippen LogP contribution is 2.14. The van der Waals surface area contributed by atoms with E-state index in [1.54, 1.807) is 12.1 Å². The summed E-state index contributed by atoms with van der Waals surface area (Å²) in [4.78, 5) is 22.0. The summed E-state index contributed by atoms with van der Waals surface area (Å²) in [6.45, 7) is 1.91. The number of nitrogens with zero attached hydrogens (tertiary/aromatic N) is 2. The number of hydrogen-bond donors (Lipinski definition) is 0. The van der Waals surface area contributed by atoms with E-state index in [0.29, 0.717) is 0 Å². The molecule has 1 aromatic heterocycles. The van der Waals surface area contributed by atoms with Gasteiger partial charge in [0.2, 0.25) is 0 Å². The second kappa shape index (κ2) is 6.74. The number of nitro groups is 1. The van der Waals surface area contributed by atoms with Crippen LogP contribution in [0.5, 0.6) is 0 Å². The second-order valence-corrected chi connectivity index (χ2v) is 7.27. The van der Waals surface area contributed by atoms with Crippen molar-refractivity contribution in [2.45, 2.75) is 24.8 Å². The van der Waals surface area contributed by atoms with Gasteiger partial charge in [0, 0.05) is 18.7 Å². The fourth-order valence-corrected chi connectivity index (χ4v) is 3.55. The standard InChI is InChI=1S/C15H16N2O5S/c1-12-4-2-5-14(10-12)23(21,22)9-3-8-16-11-13(17(19)20)6-7-15(16)18/h2,4-7,10-11H,3,8-9H2,1H3. The van der Waals surface area contributed by atoms with Crippen LogP contribution in [0.25, 0.3) is 0 Å². The SMILES string of the molecule is Cc1cccc(S(=O)(=O)CCCn2cc([N+](=O)[O-])ccc2=O)c1. The molecule has 0 aliphatic heterocycles. The molecular formula is C15H16N2O5S. The highest BCUT2D eigenvalue weighted by molar-refractivity contribution is 7.91. The van der Waals surface area contributed by atoms with Crippen LogP contribution in [-0.4, -0.2) is 23.7 Å². The van der Waals surface area contributed by atoms with Crippen molar-refractivity contribution in [3.8, 4) is 0 Å². The Morgan fingerprint density at radius 2 is 1.96 bits per heavy atom. The van der Waals surface area contributed by atoms with Crippen LogP contribution < -0.4 is 5.56 Å². The number of aryl methyl sites for hydroxylation is 2. The van der Waals surface area contributed by atoms with E-state index < -0.39 is 20.3 Å². The van der Waals surface area contributed by atoms with Crippen molar-refractivity contribution in [2.75, 3.05) is 5.75 Å². The summed E-state index contributed by atoms with van der Waals surface area (Å²) in [5, 5.41) is 10.7. The summed E-state index contributed by atoms with van der Waals surface area (Å²) in [7, 11) is -3.44. The van der Waals surface area contributed by atoms with Crippen molar-refractivity contribution >= 4 is 15.5 Å². The molecule has 23 heavy (non-hydrogen) atoms.